The van der Waals surface area contributed by atoms with Crippen LogP contribution in [0.3, 0.4) is 0 Å². The minimum Gasteiger partial charge on any atom is -0.687 e. The van der Waals surface area contributed by atoms with Gasteiger partial charge in [0.15, 0.2) is 0 Å². The number of hydrogen-bond acceptors (Lipinski definition) is 4. The van der Waals surface area contributed by atoms with E-state index in [4.69, 9.17) is 19.6 Å². The summed E-state index contributed by atoms with van der Waals surface area (Å²) in [7, 11) is -3.50. The standard InChI is InChI=1S/Ni.2H2O2P/c;2*1-3-2/h;2*3H2/q+2;2*-1. The van der Waals surface area contributed by atoms with Gasteiger partial charge in [0.05, 0.1) is 0 Å². The Morgan fingerprint density at radius 1 is 0.714 bits per heavy atom. The van der Waals surface area contributed by atoms with E-state index in [9.17, 15) is 0 Å². The average Bonchev–Trinajstić information content (AvgIpc) is 1.39. The van der Waals surface area contributed by atoms with Crippen molar-refractivity contribution < 1.29 is 36.1 Å². The molecular formula is H4NiO4P2. The predicted octanol–water partition coefficient (Wildman–Crippen LogP) is -4.11. The van der Waals surface area contributed by atoms with Crippen molar-refractivity contribution in [3.63, 3.8) is 0 Å². The zero-order valence-corrected chi connectivity index (χ0v) is 6.40. The van der Waals surface area contributed by atoms with E-state index in [0.717, 1.165) is 0 Å². The fraction of sp³-hybridized carbons (Fsp3) is 0. The summed E-state index contributed by atoms with van der Waals surface area (Å²) >= 11 is 0. The molecule has 0 aromatic heterocycles. The van der Waals surface area contributed by atoms with Crippen LogP contribution in [0.2, 0.25) is 0 Å². The minimum atomic E-state index is -1.75. The molecule has 7 heavy (non-hydrogen) atoms. The summed E-state index contributed by atoms with van der Waals surface area (Å²) in [6.07, 6.45) is 0. The molecule has 0 saturated heterocycles. The first-order chi connectivity index (χ1) is 2.83. The topological polar surface area (TPSA) is 92.2 Å². The number of hydrogen-bond donors (Lipinski definition) is 0. The molecule has 0 bridgehead atoms. The smallest absolute Gasteiger partial charge is 0.687 e. The van der Waals surface area contributed by atoms with Gasteiger partial charge in [0.2, 0.25) is 0 Å². The molecule has 7 heteroatoms. The molecule has 0 aromatic carbocycles. The van der Waals surface area contributed by atoms with Gasteiger partial charge in [0.1, 0.15) is 0 Å². The molecule has 0 fully saturated rings. The molecule has 0 saturated carbocycles. The van der Waals surface area contributed by atoms with Crippen molar-refractivity contribution >= 4 is 18.1 Å². The van der Waals surface area contributed by atoms with E-state index >= 15 is 0 Å². The van der Waals surface area contributed by atoms with Crippen LogP contribution in [-0.4, -0.2) is 0 Å². The van der Waals surface area contributed by atoms with Gasteiger partial charge in [-0.15, -0.1) is 18.1 Å². The maximum absolute atomic E-state index is 8.46. The van der Waals surface area contributed by atoms with E-state index in [1.54, 1.807) is 0 Å². The average molecular weight is 189 g/mol. The minimum absolute atomic E-state index is 0. The summed E-state index contributed by atoms with van der Waals surface area (Å²) in [6, 6.07) is 0. The first-order valence-electron chi connectivity index (χ1n) is 0.943. The van der Waals surface area contributed by atoms with Gasteiger partial charge in [0.25, 0.3) is 0 Å². The summed E-state index contributed by atoms with van der Waals surface area (Å²) in [5, 5.41) is 0. The molecule has 0 radical (unpaired) electrons. The van der Waals surface area contributed by atoms with Crippen LogP contribution >= 0.6 is 18.1 Å². The van der Waals surface area contributed by atoms with Crippen LogP contribution in [0.15, 0.2) is 0 Å². The predicted molar refractivity (Wildman–Crippen MR) is 19.4 cm³/mol. The van der Waals surface area contributed by atoms with Crippen LogP contribution in [0.25, 0.3) is 0 Å². The van der Waals surface area contributed by atoms with E-state index in [1.165, 1.54) is 0 Å². The van der Waals surface area contributed by atoms with Gasteiger partial charge < -0.3 is 19.6 Å². The van der Waals surface area contributed by atoms with Gasteiger partial charge in [-0.05, 0) is 0 Å². The summed E-state index contributed by atoms with van der Waals surface area (Å²) in [6.45, 7) is 0. The van der Waals surface area contributed by atoms with E-state index in [-0.39, 0.29) is 16.5 Å². The second kappa shape index (κ2) is 27.1. The van der Waals surface area contributed by atoms with Gasteiger partial charge in [-0.1, -0.05) is 0 Å². The van der Waals surface area contributed by atoms with Crippen molar-refractivity contribution in [2.45, 2.75) is 0 Å². The second-order valence-corrected chi connectivity index (χ2v) is 0.577. The molecule has 48 valence electrons. The normalized spacial score (nSPS) is 5.14. The molecule has 0 spiro atoms. The first-order valence-corrected chi connectivity index (χ1v) is 2.83. The Kier molecular flexibility index (Phi) is 60.8. The Labute approximate surface area is 54.8 Å². The molecule has 0 amide bonds. The van der Waals surface area contributed by atoms with Gasteiger partial charge in [-0.2, -0.15) is 0 Å². The molecule has 0 aromatic rings. The van der Waals surface area contributed by atoms with Crippen molar-refractivity contribution in [3.8, 4) is 0 Å². The Balaban J connectivity index is -0.0000000400. The molecule has 4 nitrogen and oxygen atoms in total. The van der Waals surface area contributed by atoms with Crippen molar-refractivity contribution in [3.05, 3.63) is 0 Å². The van der Waals surface area contributed by atoms with Crippen LogP contribution in [0, 0.1) is 0 Å². The van der Waals surface area contributed by atoms with Gasteiger partial charge in [0, 0.05) is 0 Å². The van der Waals surface area contributed by atoms with E-state index < -0.39 is 18.1 Å². The summed E-state index contributed by atoms with van der Waals surface area (Å²) in [5.41, 5.74) is 0. The zero-order valence-electron chi connectivity index (χ0n) is 3.10. The van der Waals surface area contributed by atoms with Crippen LogP contribution in [0.1, 0.15) is 0 Å². The molecule has 0 heterocycles. The van der Waals surface area contributed by atoms with Crippen molar-refractivity contribution in [1.82, 2.24) is 0 Å². The van der Waals surface area contributed by atoms with Crippen LogP contribution in [0.4, 0.5) is 0 Å². The molecule has 0 aliphatic heterocycles. The second-order valence-electron chi connectivity index (χ2n) is 0.192. The molecule has 0 aliphatic rings. The Hall–Kier alpha value is 1.19. The Bertz CT molecular complexity index is 11.7. The van der Waals surface area contributed by atoms with Gasteiger partial charge in [-0.3, -0.25) is 0 Å². The third-order valence-corrected chi connectivity index (χ3v) is 0. The monoisotopic (exact) mass is 188 g/mol. The molecule has 0 atom stereocenters. The van der Waals surface area contributed by atoms with Crippen molar-refractivity contribution in [1.29, 1.82) is 0 Å². The summed E-state index contributed by atoms with van der Waals surface area (Å²) in [4.78, 5) is 33.8. The van der Waals surface area contributed by atoms with Crippen LogP contribution in [-0.2, 0) is 16.5 Å². The fourth-order valence-electron chi connectivity index (χ4n) is 0. The van der Waals surface area contributed by atoms with E-state index in [0.29, 0.717) is 0 Å². The van der Waals surface area contributed by atoms with Crippen molar-refractivity contribution in [2.75, 3.05) is 0 Å². The summed E-state index contributed by atoms with van der Waals surface area (Å²) < 4.78 is 0. The first kappa shape index (κ1) is 15.7. The van der Waals surface area contributed by atoms with Gasteiger partial charge in [-0.25, -0.2) is 0 Å². The zero-order chi connectivity index (χ0) is 5.41. The fourth-order valence-corrected chi connectivity index (χ4v) is 0. The quantitative estimate of drug-likeness (QED) is 0.285. The largest absolute Gasteiger partial charge is 2.00 e. The summed E-state index contributed by atoms with van der Waals surface area (Å²) in [5.74, 6) is 0. The number of rotatable bonds is 0. The molecule has 0 rings (SSSR count). The van der Waals surface area contributed by atoms with E-state index in [1.807, 2.05) is 0 Å². The van der Waals surface area contributed by atoms with E-state index in [2.05, 4.69) is 0 Å². The SMILES string of the molecule is [Ni+2].[O-][PH2+][O-].[O-][PH2+][O-]. The molecule has 0 aliphatic carbocycles. The maximum atomic E-state index is 8.46. The third kappa shape index (κ3) is 136. The Morgan fingerprint density at radius 2 is 0.714 bits per heavy atom. The molecular weight excluding hydrogens is 185 g/mol. The van der Waals surface area contributed by atoms with Crippen molar-refractivity contribution in [2.24, 2.45) is 0 Å². The molecule has 0 N–H and O–H groups in total. The van der Waals surface area contributed by atoms with Gasteiger partial charge >= 0.3 is 16.5 Å². The van der Waals surface area contributed by atoms with Crippen LogP contribution < -0.4 is 19.6 Å². The molecule has 0 unspecified atom stereocenters. The van der Waals surface area contributed by atoms with Crippen LogP contribution in [0.5, 0.6) is 0 Å². The maximum Gasteiger partial charge on any atom is 2.00 e. The third-order valence-electron chi connectivity index (χ3n) is 0. The Morgan fingerprint density at radius 3 is 0.714 bits per heavy atom.